The first-order valence-corrected chi connectivity index (χ1v) is 4.30. The second kappa shape index (κ2) is 3.22. The van der Waals surface area contributed by atoms with E-state index < -0.39 is 0 Å². The van der Waals surface area contributed by atoms with Crippen LogP contribution in [0.2, 0.25) is 0 Å². The number of aryl methyl sites for hydroxylation is 1. The molecule has 2 rings (SSSR count). The molecule has 0 fully saturated rings. The normalized spacial score (nSPS) is 11.0. The molecule has 74 valence electrons. The average Bonchev–Trinajstić information content (AvgIpc) is 2.61. The van der Waals surface area contributed by atoms with Crippen LogP contribution in [-0.2, 0) is 13.0 Å². The molecule has 0 aliphatic carbocycles. The van der Waals surface area contributed by atoms with Gasteiger partial charge in [0.1, 0.15) is 6.61 Å². The Morgan fingerprint density at radius 2 is 2.21 bits per heavy atom. The molecule has 0 aliphatic heterocycles. The molecular weight excluding hydrogens is 184 g/mol. The van der Waals surface area contributed by atoms with Gasteiger partial charge in [-0.1, -0.05) is 6.92 Å². The van der Waals surface area contributed by atoms with Crippen LogP contribution < -0.4 is 0 Å². The van der Waals surface area contributed by atoms with Crippen molar-refractivity contribution in [2.24, 2.45) is 0 Å². The summed E-state index contributed by atoms with van der Waals surface area (Å²) in [6.45, 7) is 1.67. The Hall–Kier alpha value is -1.69. The van der Waals surface area contributed by atoms with Crippen LogP contribution in [0, 0.1) is 0 Å². The van der Waals surface area contributed by atoms with Crippen molar-refractivity contribution in [3.8, 4) is 5.88 Å². The largest absolute Gasteiger partial charge is 0.493 e. The summed E-state index contributed by atoms with van der Waals surface area (Å²) in [6.07, 6.45) is 0.714. The lowest BCUT2D eigenvalue weighted by molar-refractivity contribution is 0.271. The van der Waals surface area contributed by atoms with Crippen LogP contribution in [0.3, 0.4) is 0 Å². The van der Waals surface area contributed by atoms with E-state index in [1.807, 2.05) is 6.92 Å². The molecule has 0 atom stereocenters. The number of aromatic nitrogens is 4. The van der Waals surface area contributed by atoms with Crippen molar-refractivity contribution in [1.82, 2.24) is 19.6 Å². The summed E-state index contributed by atoms with van der Waals surface area (Å²) >= 11 is 0. The number of aromatic hydroxyl groups is 1. The lowest BCUT2D eigenvalue weighted by Crippen LogP contribution is -1.95. The van der Waals surface area contributed by atoms with Crippen LogP contribution in [-0.4, -0.2) is 29.8 Å². The quantitative estimate of drug-likeness (QED) is 0.696. The zero-order valence-corrected chi connectivity index (χ0v) is 7.67. The Kier molecular flexibility index (Phi) is 2.05. The van der Waals surface area contributed by atoms with Crippen LogP contribution in [0.25, 0.3) is 5.78 Å². The fraction of sp³-hybridized carbons (Fsp3) is 0.375. The van der Waals surface area contributed by atoms with Gasteiger partial charge in [0.05, 0.1) is 0 Å². The summed E-state index contributed by atoms with van der Waals surface area (Å²) in [5, 5.41) is 22.2. The molecule has 0 saturated carbocycles. The minimum absolute atomic E-state index is 0.0148. The number of hydrogen-bond acceptors (Lipinski definition) is 5. The molecule has 6 nitrogen and oxygen atoms in total. The zero-order chi connectivity index (χ0) is 10.1. The third kappa shape index (κ3) is 1.29. The highest BCUT2D eigenvalue weighted by Crippen LogP contribution is 2.12. The average molecular weight is 194 g/mol. The highest BCUT2D eigenvalue weighted by atomic mass is 16.3. The maximum atomic E-state index is 9.53. The maximum Gasteiger partial charge on any atom is 0.255 e. The zero-order valence-electron chi connectivity index (χ0n) is 7.67. The first kappa shape index (κ1) is 8.89. The minimum atomic E-state index is -0.260. The van der Waals surface area contributed by atoms with E-state index in [1.165, 1.54) is 10.6 Å². The van der Waals surface area contributed by atoms with Gasteiger partial charge in [-0.3, -0.25) is 0 Å². The van der Waals surface area contributed by atoms with Gasteiger partial charge >= 0.3 is 0 Å². The van der Waals surface area contributed by atoms with Crippen LogP contribution in [0.5, 0.6) is 5.88 Å². The van der Waals surface area contributed by atoms with E-state index in [9.17, 15) is 5.11 Å². The Morgan fingerprint density at radius 3 is 2.86 bits per heavy atom. The Morgan fingerprint density at radius 1 is 1.43 bits per heavy atom. The van der Waals surface area contributed by atoms with Gasteiger partial charge in [-0.15, -0.1) is 5.10 Å². The van der Waals surface area contributed by atoms with Gasteiger partial charge in [0.25, 0.3) is 5.78 Å². The molecule has 2 aromatic rings. The van der Waals surface area contributed by atoms with E-state index in [4.69, 9.17) is 5.11 Å². The predicted octanol–water partition coefficient (Wildman–Crippen LogP) is -0.115. The third-order valence-corrected chi connectivity index (χ3v) is 1.89. The molecule has 0 saturated heterocycles. The lowest BCUT2D eigenvalue weighted by atomic mass is 10.3. The van der Waals surface area contributed by atoms with E-state index in [2.05, 4.69) is 15.1 Å². The summed E-state index contributed by atoms with van der Waals surface area (Å²) in [4.78, 5) is 8.07. The number of aliphatic hydroxyl groups is 1. The minimum Gasteiger partial charge on any atom is -0.493 e. The number of nitrogens with zero attached hydrogens (tertiary/aromatic N) is 4. The highest BCUT2D eigenvalue weighted by molar-refractivity contribution is 5.33. The van der Waals surface area contributed by atoms with Crippen LogP contribution >= 0.6 is 0 Å². The van der Waals surface area contributed by atoms with Gasteiger partial charge in [-0.2, -0.15) is 9.50 Å². The van der Waals surface area contributed by atoms with Crippen LogP contribution in [0.15, 0.2) is 6.07 Å². The molecule has 0 bridgehead atoms. The molecular formula is C8H10N4O2. The topological polar surface area (TPSA) is 83.5 Å². The van der Waals surface area contributed by atoms with Crippen molar-refractivity contribution in [2.75, 3.05) is 0 Å². The number of fused-ring (bicyclic) bond motifs is 1. The molecule has 0 aromatic carbocycles. The summed E-state index contributed by atoms with van der Waals surface area (Å²) < 4.78 is 1.20. The summed E-state index contributed by atoms with van der Waals surface area (Å²) in [5.41, 5.74) is 0.742. The SMILES string of the molecule is CCc1cc(O)n2nc(CO)nc2n1. The van der Waals surface area contributed by atoms with Gasteiger partial charge < -0.3 is 10.2 Å². The van der Waals surface area contributed by atoms with E-state index in [0.717, 1.165) is 5.69 Å². The molecule has 0 radical (unpaired) electrons. The highest BCUT2D eigenvalue weighted by Gasteiger charge is 2.08. The molecule has 0 spiro atoms. The van der Waals surface area contributed by atoms with E-state index in [-0.39, 0.29) is 18.3 Å². The Labute approximate surface area is 79.9 Å². The number of aliphatic hydroxyl groups excluding tert-OH is 1. The van der Waals surface area contributed by atoms with Gasteiger partial charge in [0.15, 0.2) is 5.82 Å². The number of rotatable bonds is 2. The monoisotopic (exact) mass is 194 g/mol. The maximum absolute atomic E-state index is 9.53. The van der Waals surface area contributed by atoms with Crippen LogP contribution in [0.4, 0.5) is 0 Å². The standard InChI is InChI=1S/C8H10N4O2/c1-2-5-3-7(14)12-8(9-5)10-6(4-13)11-12/h3,13-14H,2,4H2,1H3. The van der Waals surface area contributed by atoms with Crippen LogP contribution in [0.1, 0.15) is 18.4 Å². The van der Waals surface area contributed by atoms with E-state index >= 15 is 0 Å². The van der Waals surface area contributed by atoms with Crippen molar-refractivity contribution in [3.63, 3.8) is 0 Å². The van der Waals surface area contributed by atoms with Crippen molar-refractivity contribution >= 4 is 5.78 Å². The van der Waals surface area contributed by atoms with Gasteiger partial charge in [-0.25, -0.2) is 4.98 Å². The fourth-order valence-corrected chi connectivity index (χ4v) is 1.19. The van der Waals surface area contributed by atoms with Gasteiger partial charge in [0.2, 0.25) is 5.88 Å². The Balaban J connectivity index is 2.67. The van der Waals surface area contributed by atoms with Crippen molar-refractivity contribution in [1.29, 1.82) is 0 Å². The molecule has 0 unspecified atom stereocenters. The molecule has 2 aromatic heterocycles. The van der Waals surface area contributed by atoms with E-state index in [1.54, 1.807) is 0 Å². The second-order valence-electron chi connectivity index (χ2n) is 2.86. The summed E-state index contributed by atoms with van der Waals surface area (Å²) in [7, 11) is 0. The van der Waals surface area contributed by atoms with Crippen molar-refractivity contribution in [3.05, 3.63) is 17.6 Å². The van der Waals surface area contributed by atoms with Gasteiger partial charge in [-0.05, 0) is 6.42 Å². The summed E-state index contributed by atoms with van der Waals surface area (Å²) in [5.74, 6) is 0.547. The third-order valence-electron chi connectivity index (χ3n) is 1.89. The van der Waals surface area contributed by atoms with Crippen molar-refractivity contribution in [2.45, 2.75) is 20.0 Å². The molecule has 0 amide bonds. The van der Waals surface area contributed by atoms with Crippen molar-refractivity contribution < 1.29 is 10.2 Å². The van der Waals surface area contributed by atoms with Gasteiger partial charge in [0, 0.05) is 11.8 Å². The second-order valence-corrected chi connectivity index (χ2v) is 2.86. The molecule has 14 heavy (non-hydrogen) atoms. The first-order valence-electron chi connectivity index (χ1n) is 4.30. The van der Waals surface area contributed by atoms with E-state index in [0.29, 0.717) is 12.2 Å². The molecule has 2 heterocycles. The molecule has 2 N–H and O–H groups in total. The number of hydrogen-bond donors (Lipinski definition) is 2. The predicted molar refractivity (Wildman–Crippen MR) is 47.7 cm³/mol. The molecule has 0 aliphatic rings. The smallest absolute Gasteiger partial charge is 0.255 e. The lowest BCUT2D eigenvalue weighted by Gasteiger charge is -1.98. The Bertz CT molecular complexity index is 466. The summed E-state index contributed by atoms with van der Waals surface area (Å²) in [6, 6.07) is 1.53. The molecule has 6 heteroatoms. The fourth-order valence-electron chi connectivity index (χ4n) is 1.19. The first-order chi connectivity index (χ1) is 6.74.